The second-order valence-corrected chi connectivity index (χ2v) is 6.57. The van der Waals surface area contributed by atoms with E-state index in [0.717, 1.165) is 9.21 Å². The molecule has 0 aliphatic carbocycles. The molecule has 1 N–H and O–H groups in total. The first-order chi connectivity index (χ1) is 8.99. The van der Waals surface area contributed by atoms with Gasteiger partial charge in [-0.2, -0.15) is 0 Å². The van der Waals surface area contributed by atoms with E-state index in [9.17, 15) is 9.59 Å². The number of aryl methyl sites for hydroxylation is 1. The van der Waals surface area contributed by atoms with Gasteiger partial charge in [0.1, 0.15) is 0 Å². The van der Waals surface area contributed by atoms with Crippen LogP contribution in [0.3, 0.4) is 0 Å². The lowest BCUT2D eigenvalue weighted by Crippen LogP contribution is -2.37. The number of halogens is 1. The van der Waals surface area contributed by atoms with E-state index in [1.165, 1.54) is 11.3 Å². The van der Waals surface area contributed by atoms with Crippen LogP contribution in [0.1, 0.15) is 24.6 Å². The number of carboxylic acid groups (broad SMARTS) is 1. The average Bonchev–Trinajstić information content (AvgIpc) is 2.92. The second-order valence-electron chi connectivity index (χ2n) is 4.77. The Labute approximate surface area is 121 Å². The minimum atomic E-state index is -0.812. The lowest BCUT2D eigenvalue weighted by molar-refractivity contribution is -0.143. The van der Waals surface area contributed by atoms with Gasteiger partial charge in [0.05, 0.1) is 10.3 Å². The highest BCUT2D eigenvalue weighted by molar-refractivity contribution is 7.16. The minimum absolute atomic E-state index is 0.0285. The van der Waals surface area contributed by atoms with Crippen LogP contribution in [0.15, 0.2) is 12.1 Å². The molecule has 4 nitrogen and oxygen atoms in total. The summed E-state index contributed by atoms with van der Waals surface area (Å²) in [4.78, 5) is 25.9. The summed E-state index contributed by atoms with van der Waals surface area (Å²) in [6, 6.07) is 3.54. The molecule has 1 aliphatic rings. The Morgan fingerprint density at radius 3 is 2.79 bits per heavy atom. The fraction of sp³-hybridized carbons (Fsp3) is 0.538. The third-order valence-electron chi connectivity index (χ3n) is 3.61. The summed E-state index contributed by atoms with van der Waals surface area (Å²) in [7, 11) is 0. The predicted molar refractivity (Wildman–Crippen MR) is 74.6 cm³/mol. The van der Waals surface area contributed by atoms with Crippen LogP contribution in [0, 0.1) is 5.92 Å². The molecule has 1 aromatic rings. The van der Waals surface area contributed by atoms with Gasteiger partial charge < -0.3 is 10.0 Å². The zero-order valence-corrected chi connectivity index (χ0v) is 12.2. The van der Waals surface area contributed by atoms with Crippen molar-refractivity contribution in [1.82, 2.24) is 4.90 Å². The van der Waals surface area contributed by atoms with Gasteiger partial charge in [-0.1, -0.05) is 11.6 Å². The third-order valence-corrected chi connectivity index (χ3v) is 4.90. The van der Waals surface area contributed by atoms with Gasteiger partial charge in [0.2, 0.25) is 5.91 Å². The first kappa shape index (κ1) is 14.3. The molecule has 0 radical (unpaired) electrons. The van der Waals surface area contributed by atoms with E-state index in [0.29, 0.717) is 25.8 Å². The van der Waals surface area contributed by atoms with Crippen LogP contribution >= 0.6 is 22.9 Å². The van der Waals surface area contributed by atoms with Crippen LogP contribution in [-0.4, -0.2) is 34.5 Å². The van der Waals surface area contributed by atoms with Crippen LogP contribution in [0.4, 0.5) is 0 Å². The Hall–Kier alpha value is -1.07. The normalized spacial score (nSPS) is 22.7. The minimum Gasteiger partial charge on any atom is -0.481 e. The molecule has 6 heteroatoms. The summed E-state index contributed by atoms with van der Waals surface area (Å²) >= 11 is 7.32. The van der Waals surface area contributed by atoms with Crippen LogP contribution in [0.5, 0.6) is 0 Å². The largest absolute Gasteiger partial charge is 0.481 e. The first-order valence-electron chi connectivity index (χ1n) is 6.25. The number of nitrogens with zero attached hydrogens (tertiary/aromatic N) is 1. The van der Waals surface area contributed by atoms with Crippen molar-refractivity contribution < 1.29 is 14.7 Å². The molecular weight excluding hydrogens is 286 g/mol. The van der Waals surface area contributed by atoms with Crippen molar-refractivity contribution in [2.24, 2.45) is 5.92 Å². The molecule has 1 aromatic heterocycles. The summed E-state index contributed by atoms with van der Waals surface area (Å²) in [6.45, 7) is 2.36. The van der Waals surface area contributed by atoms with Crippen molar-refractivity contribution in [3.05, 3.63) is 21.3 Å². The molecule has 1 amide bonds. The number of carboxylic acids is 1. The van der Waals surface area contributed by atoms with E-state index in [1.54, 1.807) is 4.90 Å². The standard InChI is InChI=1S/C13H16ClNO3S/c1-8-10(13(17)18)6-7-15(8)12(16)5-3-9-2-4-11(14)19-9/h2,4,8,10H,3,5-7H2,1H3,(H,17,18). The summed E-state index contributed by atoms with van der Waals surface area (Å²) in [5.74, 6) is -1.21. The van der Waals surface area contributed by atoms with Crippen LogP contribution in [0.25, 0.3) is 0 Å². The van der Waals surface area contributed by atoms with Crippen LogP contribution < -0.4 is 0 Å². The summed E-state index contributed by atoms with van der Waals surface area (Å²) in [5.41, 5.74) is 0. The average molecular weight is 302 g/mol. The number of rotatable bonds is 4. The zero-order valence-electron chi connectivity index (χ0n) is 10.6. The van der Waals surface area contributed by atoms with E-state index >= 15 is 0 Å². The molecule has 2 heterocycles. The number of likely N-dealkylation sites (tertiary alicyclic amines) is 1. The third kappa shape index (κ3) is 3.28. The van der Waals surface area contributed by atoms with Gasteiger partial charge in [-0.3, -0.25) is 9.59 Å². The number of carbonyl (C=O) groups is 2. The zero-order chi connectivity index (χ0) is 14.0. The molecule has 1 saturated heterocycles. The van der Waals surface area contributed by atoms with Crippen LogP contribution in [-0.2, 0) is 16.0 Å². The first-order valence-corrected chi connectivity index (χ1v) is 7.45. The van der Waals surface area contributed by atoms with Gasteiger partial charge >= 0.3 is 5.97 Å². The maximum absolute atomic E-state index is 12.1. The number of amides is 1. The van der Waals surface area contributed by atoms with E-state index in [2.05, 4.69) is 0 Å². The Kier molecular flexibility index (Phi) is 4.47. The van der Waals surface area contributed by atoms with Gasteiger partial charge in [0.25, 0.3) is 0 Å². The molecule has 0 spiro atoms. The Morgan fingerprint density at radius 2 is 2.26 bits per heavy atom. The number of carbonyl (C=O) groups excluding carboxylic acids is 1. The molecule has 2 unspecified atom stereocenters. The quantitative estimate of drug-likeness (QED) is 0.930. The molecule has 19 heavy (non-hydrogen) atoms. The highest BCUT2D eigenvalue weighted by Gasteiger charge is 2.37. The van der Waals surface area contributed by atoms with Crippen molar-refractivity contribution >= 4 is 34.8 Å². The lowest BCUT2D eigenvalue weighted by Gasteiger charge is -2.23. The molecule has 0 saturated carbocycles. The summed E-state index contributed by atoms with van der Waals surface area (Å²) in [6.07, 6.45) is 1.62. The van der Waals surface area contributed by atoms with Gasteiger partial charge in [-0.15, -0.1) is 11.3 Å². The molecule has 104 valence electrons. The van der Waals surface area contributed by atoms with E-state index in [4.69, 9.17) is 16.7 Å². The molecular formula is C13H16ClNO3S. The second kappa shape index (κ2) is 5.92. The molecule has 2 rings (SSSR count). The Morgan fingerprint density at radius 1 is 1.53 bits per heavy atom. The molecule has 1 aliphatic heterocycles. The number of hydrogen-bond acceptors (Lipinski definition) is 3. The van der Waals surface area contributed by atoms with Crippen molar-refractivity contribution in [2.75, 3.05) is 6.54 Å². The predicted octanol–water partition coefficient (Wildman–Crippen LogP) is 2.66. The van der Waals surface area contributed by atoms with E-state index in [-0.39, 0.29) is 11.9 Å². The highest BCUT2D eigenvalue weighted by Crippen LogP contribution is 2.26. The maximum atomic E-state index is 12.1. The molecule has 2 atom stereocenters. The maximum Gasteiger partial charge on any atom is 0.308 e. The molecule has 1 fully saturated rings. The smallest absolute Gasteiger partial charge is 0.308 e. The van der Waals surface area contributed by atoms with Crippen LogP contribution in [0.2, 0.25) is 4.34 Å². The van der Waals surface area contributed by atoms with E-state index in [1.807, 2.05) is 19.1 Å². The van der Waals surface area contributed by atoms with Gasteiger partial charge in [0, 0.05) is 23.9 Å². The number of thiophene rings is 1. The highest BCUT2D eigenvalue weighted by atomic mass is 35.5. The van der Waals surface area contributed by atoms with Crippen molar-refractivity contribution in [3.8, 4) is 0 Å². The van der Waals surface area contributed by atoms with Gasteiger partial charge in [-0.25, -0.2) is 0 Å². The summed E-state index contributed by atoms with van der Waals surface area (Å²) in [5, 5.41) is 9.04. The van der Waals surface area contributed by atoms with Gasteiger partial charge in [-0.05, 0) is 31.9 Å². The van der Waals surface area contributed by atoms with Gasteiger partial charge in [0.15, 0.2) is 0 Å². The number of hydrogen-bond donors (Lipinski definition) is 1. The van der Waals surface area contributed by atoms with Crippen molar-refractivity contribution in [3.63, 3.8) is 0 Å². The lowest BCUT2D eigenvalue weighted by atomic mass is 10.0. The Balaban J connectivity index is 1.89. The molecule has 0 aromatic carbocycles. The monoisotopic (exact) mass is 301 g/mol. The molecule has 0 bridgehead atoms. The topological polar surface area (TPSA) is 57.6 Å². The number of aliphatic carboxylic acids is 1. The van der Waals surface area contributed by atoms with Crippen molar-refractivity contribution in [2.45, 2.75) is 32.2 Å². The van der Waals surface area contributed by atoms with E-state index < -0.39 is 11.9 Å². The fourth-order valence-electron chi connectivity index (χ4n) is 2.48. The Bertz CT molecular complexity index is 488. The SMILES string of the molecule is CC1C(C(=O)O)CCN1C(=O)CCc1ccc(Cl)s1. The van der Waals surface area contributed by atoms with Crippen molar-refractivity contribution in [1.29, 1.82) is 0 Å². The summed E-state index contributed by atoms with van der Waals surface area (Å²) < 4.78 is 0.725. The fourth-order valence-corrected chi connectivity index (χ4v) is 3.57.